The van der Waals surface area contributed by atoms with E-state index in [0.29, 0.717) is 22.9 Å². The summed E-state index contributed by atoms with van der Waals surface area (Å²) in [6, 6.07) is 6.92. The van der Waals surface area contributed by atoms with Gasteiger partial charge in [0.2, 0.25) is 0 Å². The molecule has 0 saturated carbocycles. The van der Waals surface area contributed by atoms with Crippen molar-refractivity contribution >= 4 is 23.5 Å². The molecule has 0 spiro atoms. The van der Waals surface area contributed by atoms with Crippen molar-refractivity contribution in [2.24, 2.45) is 0 Å². The van der Waals surface area contributed by atoms with Gasteiger partial charge in [-0.25, -0.2) is 4.79 Å². The summed E-state index contributed by atoms with van der Waals surface area (Å²) in [6.07, 6.45) is 0.812. The van der Waals surface area contributed by atoms with E-state index in [2.05, 4.69) is 15.5 Å². The number of carbonyl (C=O) groups is 2. The van der Waals surface area contributed by atoms with Crippen LogP contribution in [0.15, 0.2) is 24.3 Å². The van der Waals surface area contributed by atoms with Gasteiger partial charge in [0, 0.05) is 11.6 Å². The van der Waals surface area contributed by atoms with Crippen LogP contribution in [0.25, 0.3) is 5.69 Å². The molecule has 0 fully saturated rings. The smallest absolute Gasteiger partial charge is 0.361 e. The molecular formula is C15H17ClN4O3. The van der Waals surface area contributed by atoms with Crippen molar-refractivity contribution in [1.29, 1.82) is 0 Å². The van der Waals surface area contributed by atoms with Crippen LogP contribution in [0, 0.1) is 6.92 Å². The Morgan fingerprint density at radius 3 is 2.83 bits per heavy atom. The summed E-state index contributed by atoms with van der Waals surface area (Å²) in [7, 11) is 0. The molecule has 0 radical (unpaired) electrons. The number of halogens is 1. The first-order chi connectivity index (χ1) is 11.0. The van der Waals surface area contributed by atoms with Gasteiger partial charge in [0.05, 0.1) is 11.4 Å². The lowest BCUT2D eigenvalue weighted by atomic mass is 10.3. The molecule has 8 heteroatoms. The SMILES string of the molecule is CCCNC(=O)COC(=O)c1nn(-c2cccc(Cl)c2)nc1C. The van der Waals surface area contributed by atoms with Gasteiger partial charge in [0.1, 0.15) is 0 Å². The molecule has 0 aliphatic rings. The van der Waals surface area contributed by atoms with Crippen LogP contribution in [-0.2, 0) is 9.53 Å². The van der Waals surface area contributed by atoms with Gasteiger partial charge in [0.15, 0.2) is 12.3 Å². The van der Waals surface area contributed by atoms with E-state index in [1.54, 1.807) is 31.2 Å². The number of carbonyl (C=O) groups excluding carboxylic acids is 2. The topological polar surface area (TPSA) is 86.1 Å². The number of nitrogens with one attached hydrogen (secondary N) is 1. The van der Waals surface area contributed by atoms with Crippen molar-refractivity contribution in [2.75, 3.05) is 13.2 Å². The van der Waals surface area contributed by atoms with Crippen LogP contribution in [0.3, 0.4) is 0 Å². The number of nitrogens with zero attached hydrogens (tertiary/aromatic N) is 3. The van der Waals surface area contributed by atoms with Crippen LogP contribution in [0.1, 0.15) is 29.5 Å². The Balaban J connectivity index is 2.06. The highest BCUT2D eigenvalue weighted by atomic mass is 35.5. The molecule has 0 saturated heterocycles. The third-order valence-electron chi connectivity index (χ3n) is 2.92. The normalized spacial score (nSPS) is 10.4. The van der Waals surface area contributed by atoms with Gasteiger partial charge >= 0.3 is 5.97 Å². The second-order valence-electron chi connectivity index (χ2n) is 4.83. The number of hydrogen-bond donors (Lipinski definition) is 1. The van der Waals surface area contributed by atoms with Crippen LogP contribution < -0.4 is 5.32 Å². The van der Waals surface area contributed by atoms with E-state index in [1.807, 2.05) is 6.92 Å². The number of aromatic nitrogens is 3. The molecule has 1 aromatic carbocycles. The summed E-state index contributed by atoms with van der Waals surface area (Å²) in [6.45, 7) is 3.77. The molecule has 1 N–H and O–H groups in total. The van der Waals surface area contributed by atoms with Crippen molar-refractivity contribution in [3.05, 3.63) is 40.7 Å². The number of ether oxygens (including phenoxy) is 1. The lowest BCUT2D eigenvalue weighted by Gasteiger charge is -2.04. The van der Waals surface area contributed by atoms with Crippen LogP contribution in [0.5, 0.6) is 0 Å². The average molecular weight is 337 g/mol. The molecule has 0 unspecified atom stereocenters. The van der Waals surface area contributed by atoms with Crippen molar-refractivity contribution in [3.63, 3.8) is 0 Å². The minimum atomic E-state index is -0.692. The number of benzene rings is 1. The lowest BCUT2D eigenvalue weighted by Crippen LogP contribution is -2.29. The van der Waals surface area contributed by atoms with Gasteiger partial charge in [-0.3, -0.25) is 4.79 Å². The minimum absolute atomic E-state index is 0.0632. The zero-order valence-electron chi connectivity index (χ0n) is 12.9. The molecule has 23 heavy (non-hydrogen) atoms. The highest BCUT2D eigenvalue weighted by Crippen LogP contribution is 2.14. The first-order valence-corrected chi connectivity index (χ1v) is 7.52. The predicted molar refractivity (Wildman–Crippen MR) is 84.7 cm³/mol. The molecule has 1 heterocycles. The van der Waals surface area contributed by atoms with Gasteiger partial charge in [0.25, 0.3) is 5.91 Å². The Labute approximate surface area is 138 Å². The number of amides is 1. The van der Waals surface area contributed by atoms with Crippen molar-refractivity contribution in [3.8, 4) is 5.69 Å². The molecule has 0 aliphatic heterocycles. The highest BCUT2D eigenvalue weighted by Gasteiger charge is 2.19. The summed E-state index contributed by atoms with van der Waals surface area (Å²) in [4.78, 5) is 24.8. The number of hydrogen-bond acceptors (Lipinski definition) is 5. The summed E-state index contributed by atoms with van der Waals surface area (Å²) in [5, 5.41) is 11.4. The maximum absolute atomic E-state index is 12.0. The van der Waals surface area contributed by atoms with Crippen LogP contribution in [0.2, 0.25) is 5.02 Å². The van der Waals surface area contributed by atoms with Crippen LogP contribution >= 0.6 is 11.6 Å². The average Bonchev–Trinajstić information content (AvgIpc) is 2.92. The van der Waals surface area contributed by atoms with E-state index in [0.717, 1.165) is 6.42 Å². The zero-order chi connectivity index (χ0) is 16.8. The third-order valence-corrected chi connectivity index (χ3v) is 3.16. The molecule has 2 aromatic rings. The molecule has 1 aromatic heterocycles. The number of esters is 1. The van der Waals surface area contributed by atoms with Crippen molar-refractivity contribution in [1.82, 2.24) is 20.3 Å². The zero-order valence-corrected chi connectivity index (χ0v) is 13.6. The quantitative estimate of drug-likeness (QED) is 0.814. The van der Waals surface area contributed by atoms with Crippen LogP contribution in [0.4, 0.5) is 0 Å². The molecule has 1 amide bonds. The summed E-state index contributed by atoms with van der Waals surface area (Å²) < 4.78 is 4.95. The predicted octanol–water partition coefficient (Wildman–Crippen LogP) is 1.91. The first-order valence-electron chi connectivity index (χ1n) is 7.15. The van der Waals surface area contributed by atoms with E-state index >= 15 is 0 Å². The first kappa shape index (κ1) is 17.0. The maximum atomic E-state index is 12.0. The molecule has 0 bridgehead atoms. The number of aryl methyl sites for hydroxylation is 1. The Kier molecular flexibility index (Phi) is 5.70. The summed E-state index contributed by atoms with van der Waals surface area (Å²) >= 11 is 5.93. The molecular weight excluding hydrogens is 320 g/mol. The number of rotatable bonds is 6. The Morgan fingerprint density at radius 2 is 2.13 bits per heavy atom. The van der Waals surface area contributed by atoms with E-state index in [4.69, 9.17) is 16.3 Å². The van der Waals surface area contributed by atoms with Gasteiger partial charge in [-0.05, 0) is 31.5 Å². The minimum Gasteiger partial charge on any atom is -0.451 e. The summed E-state index contributed by atoms with van der Waals surface area (Å²) in [5.41, 5.74) is 1.09. The Bertz CT molecular complexity index is 714. The standard InChI is InChI=1S/C15H17ClN4O3/c1-3-7-17-13(21)9-23-15(22)14-10(2)18-20(19-14)12-6-4-5-11(16)8-12/h4-6,8H,3,7,9H2,1-2H3,(H,17,21). The third kappa shape index (κ3) is 4.53. The van der Waals surface area contributed by atoms with Gasteiger partial charge < -0.3 is 10.1 Å². The highest BCUT2D eigenvalue weighted by molar-refractivity contribution is 6.30. The molecule has 122 valence electrons. The lowest BCUT2D eigenvalue weighted by molar-refractivity contribution is -0.124. The van der Waals surface area contributed by atoms with Gasteiger partial charge in [-0.1, -0.05) is 24.6 Å². The van der Waals surface area contributed by atoms with E-state index in [1.165, 1.54) is 4.80 Å². The Hall–Kier alpha value is -2.41. The maximum Gasteiger partial charge on any atom is 0.361 e. The van der Waals surface area contributed by atoms with E-state index in [-0.39, 0.29) is 18.2 Å². The largest absolute Gasteiger partial charge is 0.451 e. The van der Waals surface area contributed by atoms with Gasteiger partial charge in [-0.15, -0.1) is 5.10 Å². The fourth-order valence-electron chi connectivity index (χ4n) is 1.80. The van der Waals surface area contributed by atoms with Crippen molar-refractivity contribution in [2.45, 2.75) is 20.3 Å². The van der Waals surface area contributed by atoms with E-state index in [9.17, 15) is 9.59 Å². The fraction of sp³-hybridized carbons (Fsp3) is 0.333. The Morgan fingerprint density at radius 1 is 1.35 bits per heavy atom. The van der Waals surface area contributed by atoms with Crippen LogP contribution in [-0.4, -0.2) is 40.0 Å². The monoisotopic (exact) mass is 336 g/mol. The van der Waals surface area contributed by atoms with E-state index < -0.39 is 5.97 Å². The second-order valence-corrected chi connectivity index (χ2v) is 5.27. The molecule has 7 nitrogen and oxygen atoms in total. The molecule has 0 atom stereocenters. The fourth-order valence-corrected chi connectivity index (χ4v) is 1.98. The van der Waals surface area contributed by atoms with Gasteiger partial charge in [-0.2, -0.15) is 9.90 Å². The molecule has 2 rings (SSSR count). The van der Waals surface area contributed by atoms with Crippen molar-refractivity contribution < 1.29 is 14.3 Å². The molecule has 0 aliphatic carbocycles. The second kappa shape index (κ2) is 7.73. The summed E-state index contributed by atoms with van der Waals surface area (Å²) in [5.74, 6) is -1.04.